The highest BCUT2D eigenvalue weighted by Gasteiger charge is 2.28. The van der Waals surface area contributed by atoms with Crippen LogP contribution in [0.4, 0.5) is 11.4 Å². The topological polar surface area (TPSA) is 108 Å². The second-order valence-electron chi connectivity index (χ2n) is 9.75. The molecule has 0 aromatic heterocycles. The molecule has 0 aliphatic carbocycles. The zero-order chi connectivity index (χ0) is 29.6. The SMILES string of the molecule is C/C(=N/NC(=O)CN(c1ccc(C)cc1C)S(=O)(=O)c1ccc(C)cc1)c1cccc(NC(=O)c2ccccc2)c1. The number of carbonyl (C=O) groups excluding carboxylic acids is 2. The maximum Gasteiger partial charge on any atom is 0.264 e. The minimum absolute atomic E-state index is 0.0879. The van der Waals surface area contributed by atoms with Gasteiger partial charge in [0.15, 0.2) is 0 Å². The van der Waals surface area contributed by atoms with Gasteiger partial charge in [-0.25, -0.2) is 13.8 Å². The van der Waals surface area contributed by atoms with E-state index in [1.165, 1.54) is 12.1 Å². The van der Waals surface area contributed by atoms with E-state index in [-0.39, 0.29) is 10.8 Å². The lowest BCUT2D eigenvalue weighted by Crippen LogP contribution is -2.40. The third kappa shape index (κ3) is 7.26. The molecule has 210 valence electrons. The average Bonchev–Trinajstić information content (AvgIpc) is 2.96. The normalized spacial score (nSPS) is 11.6. The van der Waals surface area contributed by atoms with Crippen molar-refractivity contribution in [3.05, 3.63) is 125 Å². The van der Waals surface area contributed by atoms with Gasteiger partial charge in [-0.1, -0.05) is 65.7 Å². The highest BCUT2D eigenvalue weighted by molar-refractivity contribution is 7.92. The number of carbonyl (C=O) groups is 2. The first-order valence-corrected chi connectivity index (χ1v) is 14.5. The highest BCUT2D eigenvalue weighted by Crippen LogP contribution is 2.27. The summed E-state index contributed by atoms with van der Waals surface area (Å²) < 4.78 is 28.5. The van der Waals surface area contributed by atoms with Gasteiger partial charge in [0.25, 0.3) is 21.8 Å². The van der Waals surface area contributed by atoms with Crippen molar-refractivity contribution in [1.82, 2.24) is 5.43 Å². The molecule has 4 rings (SSSR count). The Morgan fingerprint density at radius 2 is 1.44 bits per heavy atom. The Balaban J connectivity index is 1.53. The lowest BCUT2D eigenvalue weighted by molar-refractivity contribution is -0.119. The maximum absolute atomic E-state index is 13.7. The molecule has 0 unspecified atom stereocenters. The van der Waals surface area contributed by atoms with Gasteiger partial charge < -0.3 is 5.32 Å². The molecule has 8 nitrogen and oxygen atoms in total. The van der Waals surface area contributed by atoms with Crippen molar-refractivity contribution in [1.29, 1.82) is 0 Å². The van der Waals surface area contributed by atoms with E-state index in [1.54, 1.807) is 73.7 Å². The first kappa shape index (κ1) is 29.2. The average molecular weight is 569 g/mol. The van der Waals surface area contributed by atoms with Crippen LogP contribution in [0.25, 0.3) is 0 Å². The molecular weight excluding hydrogens is 536 g/mol. The van der Waals surface area contributed by atoms with E-state index in [4.69, 9.17) is 0 Å². The molecule has 0 saturated heterocycles. The number of sulfonamides is 1. The third-order valence-electron chi connectivity index (χ3n) is 6.44. The third-order valence-corrected chi connectivity index (χ3v) is 8.21. The summed E-state index contributed by atoms with van der Waals surface area (Å²) in [4.78, 5) is 25.7. The van der Waals surface area contributed by atoms with Gasteiger partial charge in [-0.05, 0) is 81.3 Å². The van der Waals surface area contributed by atoms with Gasteiger partial charge in [0, 0.05) is 11.3 Å². The van der Waals surface area contributed by atoms with Gasteiger partial charge >= 0.3 is 0 Å². The zero-order valence-electron chi connectivity index (χ0n) is 23.4. The van der Waals surface area contributed by atoms with E-state index in [9.17, 15) is 18.0 Å². The number of benzene rings is 4. The van der Waals surface area contributed by atoms with Crippen molar-refractivity contribution in [3.63, 3.8) is 0 Å². The fourth-order valence-corrected chi connectivity index (χ4v) is 5.70. The van der Waals surface area contributed by atoms with Crippen LogP contribution < -0.4 is 15.0 Å². The molecule has 2 amide bonds. The molecule has 0 radical (unpaired) electrons. The molecule has 0 saturated carbocycles. The number of amides is 2. The van der Waals surface area contributed by atoms with Crippen molar-refractivity contribution < 1.29 is 18.0 Å². The Morgan fingerprint density at radius 3 is 2.12 bits per heavy atom. The van der Waals surface area contributed by atoms with Crippen molar-refractivity contribution in [2.24, 2.45) is 5.10 Å². The smallest absolute Gasteiger partial charge is 0.264 e. The molecule has 4 aromatic rings. The number of aryl methyl sites for hydroxylation is 3. The van der Waals surface area contributed by atoms with Crippen LogP contribution in [-0.4, -0.2) is 32.5 Å². The second-order valence-corrected chi connectivity index (χ2v) is 11.6. The lowest BCUT2D eigenvalue weighted by Gasteiger charge is -2.25. The number of nitrogens with one attached hydrogen (secondary N) is 2. The van der Waals surface area contributed by atoms with Crippen LogP contribution in [-0.2, 0) is 14.8 Å². The lowest BCUT2D eigenvalue weighted by atomic mass is 10.1. The van der Waals surface area contributed by atoms with Crippen LogP contribution in [0.15, 0.2) is 107 Å². The van der Waals surface area contributed by atoms with Gasteiger partial charge in [-0.3, -0.25) is 13.9 Å². The Hall–Kier alpha value is -4.76. The van der Waals surface area contributed by atoms with Gasteiger partial charge in [0.05, 0.1) is 16.3 Å². The van der Waals surface area contributed by atoms with E-state index < -0.39 is 22.5 Å². The Bertz CT molecular complexity index is 1700. The molecule has 4 aromatic carbocycles. The van der Waals surface area contributed by atoms with E-state index in [2.05, 4.69) is 15.8 Å². The van der Waals surface area contributed by atoms with E-state index >= 15 is 0 Å². The summed E-state index contributed by atoms with van der Waals surface area (Å²) in [6.07, 6.45) is 0. The number of hydrogen-bond donors (Lipinski definition) is 2. The van der Waals surface area contributed by atoms with Crippen LogP contribution in [0.3, 0.4) is 0 Å². The number of anilines is 2. The van der Waals surface area contributed by atoms with Crippen LogP contribution in [0.2, 0.25) is 0 Å². The van der Waals surface area contributed by atoms with Crippen molar-refractivity contribution in [2.45, 2.75) is 32.6 Å². The molecule has 41 heavy (non-hydrogen) atoms. The monoisotopic (exact) mass is 568 g/mol. The largest absolute Gasteiger partial charge is 0.322 e. The predicted octanol–water partition coefficient (Wildman–Crippen LogP) is 5.60. The van der Waals surface area contributed by atoms with Gasteiger partial charge in [-0.2, -0.15) is 5.10 Å². The maximum atomic E-state index is 13.7. The molecule has 0 aliphatic heterocycles. The number of hydrazone groups is 1. The minimum atomic E-state index is -4.05. The van der Waals surface area contributed by atoms with Crippen molar-refractivity contribution in [2.75, 3.05) is 16.2 Å². The fraction of sp³-hybridized carbons (Fsp3) is 0.156. The highest BCUT2D eigenvalue weighted by atomic mass is 32.2. The predicted molar refractivity (Wildman–Crippen MR) is 163 cm³/mol. The summed E-state index contributed by atoms with van der Waals surface area (Å²) in [6, 6.07) is 27.8. The summed E-state index contributed by atoms with van der Waals surface area (Å²) in [5.41, 5.74) is 7.78. The molecule has 0 heterocycles. The molecule has 9 heteroatoms. The summed E-state index contributed by atoms with van der Waals surface area (Å²) in [6.45, 7) is 6.85. The summed E-state index contributed by atoms with van der Waals surface area (Å²) in [5, 5.41) is 7.06. The van der Waals surface area contributed by atoms with Gasteiger partial charge in [0.1, 0.15) is 6.54 Å². The molecule has 0 bridgehead atoms. The molecule has 0 atom stereocenters. The van der Waals surface area contributed by atoms with Crippen LogP contribution in [0, 0.1) is 20.8 Å². The van der Waals surface area contributed by atoms with Gasteiger partial charge in [0.2, 0.25) is 0 Å². The molecular formula is C32H32N4O4S. The Kier molecular flexibility index (Phi) is 8.99. The minimum Gasteiger partial charge on any atom is -0.322 e. The van der Waals surface area contributed by atoms with Crippen LogP contribution in [0.1, 0.15) is 39.5 Å². The molecule has 0 spiro atoms. The molecule has 0 fully saturated rings. The summed E-state index contributed by atoms with van der Waals surface area (Å²) >= 11 is 0. The summed E-state index contributed by atoms with van der Waals surface area (Å²) in [5.74, 6) is -0.847. The Morgan fingerprint density at radius 1 is 0.780 bits per heavy atom. The quantitative estimate of drug-likeness (QED) is 0.202. The van der Waals surface area contributed by atoms with Crippen LogP contribution in [0.5, 0.6) is 0 Å². The standard InChI is InChI=1S/C32H32N4O4S/c1-22-13-16-29(17-14-22)41(39,40)36(30-18-15-23(2)19-24(30)3)21-31(37)35-34-25(4)27-11-8-12-28(20-27)33-32(38)26-9-6-5-7-10-26/h5-20H,21H2,1-4H3,(H,33,38)(H,35,37)/b34-25-. The first-order valence-electron chi connectivity index (χ1n) is 13.0. The Labute approximate surface area is 240 Å². The zero-order valence-corrected chi connectivity index (χ0v) is 24.2. The van der Waals surface area contributed by atoms with Gasteiger partial charge in [-0.15, -0.1) is 0 Å². The molecule has 0 aliphatic rings. The van der Waals surface area contributed by atoms with E-state index in [0.29, 0.717) is 28.2 Å². The van der Waals surface area contributed by atoms with Crippen molar-refractivity contribution in [3.8, 4) is 0 Å². The van der Waals surface area contributed by atoms with Crippen LogP contribution >= 0.6 is 0 Å². The first-order chi connectivity index (χ1) is 19.5. The number of nitrogens with zero attached hydrogens (tertiary/aromatic N) is 2. The van der Waals surface area contributed by atoms with Crippen molar-refractivity contribution >= 4 is 38.9 Å². The number of rotatable bonds is 9. The number of hydrogen-bond acceptors (Lipinski definition) is 5. The summed E-state index contributed by atoms with van der Waals surface area (Å²) in [7, 11) is -4.05. The van der Waals surface area contributed by atoms with E-state index in [0.717, 1.165) is 21.0 Å². The fourth-order valence-electron chi connectivity index (χ4n) is 4.21. The molecule has 2 N–H and O–H groups in total. The van der Waals surface area contributed by atoms with E-state index in [1.807, 2.05) is 39.0 Å². The second kappa shape index (κ2) is 12.6.